The van der Waals surface area contributed by atoms with E-state index in [0.717, 1.165) is 12.4 Å². The fourth-order valence-electron chi connectivity index (χ4n) is 1.42. The summed E-state index contributed by atoms with van der Waals surface area (Å²) in [7, 11) is 1.40. The maximum absolute atomic E-state index is 13.7. The van der Waals surface area contributed by atoms with Gasteiger partial charge in [-0.3, -0.25) is 4.79 Å². The minimum atomic E-state index is -0.724. The molecule has 2 aromatic rings. The lowest BCUT2D eigenvalue weighted by Crippen LogP contribution is -2.15. The monoisotopic (exact) mass is 315 g/mol. The number of halogens is 3. The number of nitrogens with one attached hydrogen (secondary N) is 1. The minimum absolute atomic E-state index is 0.00637. The molecule has 20 heavy (non-hydrogen) atoms. The molecule has 104 valence electrons. The molecule has 2 rings (SSSR count). The zero-order valence-corrected chi connectivity index (χ0v) is 11.7. The van der Waals surface area contributed by atoms with Crippen molar-refractivity contribution in [2.24, 2.45) is 0 Å². The van der Waals surface area contributed by atoms with Gasteiger partial charge in [-0.1, -0.05) is 23.2 Å². The van der Waals surface area contributed by atoms with E-state index in [2.05, 4.69) is 15.3 Å². The van der Waals surface area contributed by atoms with Crippen LogP contribution in [0.1, 0.15) is 10.4 Å². The van der Waals surface area contributed by atoms with E-state index in [-0.39, 0.29) is 21.6 Å². The molecule has 1 heterocycles. The minimum Gasteiger partial charge on any atom is -0.497 e. The van der Waals surface area contributed by atoms with Crippen LogP contribution in [0.4, 0.5) is 10.2 Å². The molecule has 0 atom stereocenters. The average Bonchev–Trinajstić information content (AvgIpc) is 2.43. The van der Waals surface area contributed by atoms with Crippen molar-refractivity contribution in [3.8, 4) is 5.75 Å². The van der Waals surface area contributed by atoms with Crippen LogP contribution in [-0.2, 0) is 0 Å². The van der Waals surface area contributed by atoms with Crippen molar-refractivity contribution in [3.63, 3.8) is 0 Å². The molecule has 0 bridgehead atoms. The van der Waals surface area contributed by atoms with E-state index in [9.17, 15) is 9.18 Å². The number of aromatic nitrogens is 2. The number of nitrogens with zero attached hydrogens (tertiary/aromatic N) is 2. The Morgan fingerprint density at radius 1 is 1.35 bits per heavy atom. The first kappa shape index (κ1) is 14.5. The maximum atomic E-state index is 13.7. The Morgan fingerprint density at radius 2 is 2.10 bits per heavy atom. The molecule has 0 saturated carbocycles. The number of amides is 1. The van der Waals surface area contributed by atoms with Crippen LogP contribution in [-0.4, -0.2) is 23.0 Å². The molecule has 0 unspecified atom stereocenters. The molecule has 0 spiro atoms. The Kier molecular flexibility index (Phi) is 4.36. The van der Waals surface area contributed by atoms with Crippen LogP contribution in [0.15, 0.2) is 24.5 Å². The van der Waals surface area contributed by atoms with Crippen LogP contribution in [0, 0.1) is 5.82 Å². The highest BCUT2D eigenvalue weighted by Gasteiger charge is 2.16. The summed E-state index contributed by atoms with van der Waals surface area (Å²) in [5, 5.41) is 2.33. The number of carbonyl (C=O) groups excluding carboxylic acids is 1. The quantitative estimate of drug-likeness (QED) is 0.883. The van der Waals surface area contributed by atoms with Crippen molar-refractivity contribution in [3.05, 3.63) is 46.1 Å². The van der Waals surface area contributed by atoms with Crippen molar-refractivity contribution in [1.82, 2.24) is 9.97 Å². The van der Waals surface area contributed by atoms with Gasteiger partial charge in [0.2, 0.25) is 0 Å². The number of benzene rings is 1. The van der Waals surface area contributed by atoms with Crippen LogP contribution in [0.2, 0.25) is 10.2 Å². The van der Waals surface area contributed by atoms with Gasteiger partial charge in [0, 0.05) is 6.07 Å². The van der Waals surface area contributed by atoms with Gasteiger partial charge in [-0.25, -0.2) is 14.4 Å². The van der Waals surface area contributed by atoms with Gasteiger partial charge in [0.1, 0.15) is 22.9 Å². The molecular weight excluding hydrogens is 308 g/mol. The van der Waals surface area contributed by atoms with Gasteiger partial charge in [0.25, 0.3) is 5.91 Å². The number of anilines is 1. The lowest BCUT2D eigenvalue weighted by molar-refractivity contribution is 0.102. The normalized spacial score (nSPS) is 10.2. The third-order valence-corrected chi connectivity index (χ3v) is 3.14. The number of rotatable bonds is 3. The first-order chi connectivity index (χ1) is 9.52. The lowest BCUT2D eigenvalue weighted by Gasteiger charge is -2.08. The standard InChI is InChI=1S/C12H8Cl2FN3O2/c1-20-6-2-3-7(8(15)4-6)12(19)18-11-9(13)10(14)16-5-17-11/h2-5H,1H3,(H,16,17,18,19). The molecule has 0 saturated heterocycles. The molecule has 1 N–H and O–H groups in total. The number of hydrogen-bond acceptors (Lipinski definition) is 4. The van der Waals surface area contributed by atoms with E-state index in [0.29, 0.717) is 5.75 Å². The van der Waals surface area contributed by atoms with Crippen molar-refractivity contribution >= 4 is 34.9 Å². The van der Waals surface area contributed by atoms with Crippen molar-refractivity contribution in [2.75, 3.05) is 12.4 Å². The van der Waals surface area contributed by atoms with Gasteiger partial charge in [0.15, 0.2) is 11.0 Å². The van der Waals surface area contributed by atoms with E-state index in [1.807, 2.05) is 0 Å². The van der Waals surface area contributed by atoms with Crippen LogP contribution in [0.3, 0.4) is 0 Å². The zero-order chi connectivity index (χ0) is 14.7. The van der Waals surface area contributed by atoms with Gasteiger partial charge in [0.05, 0.1) is 12.7 Å². The van der Waals surface area contributed by atoms with Crippen LogP contribution >= 0.6 is 23.2 Å². The van der Waals surface area contributed by atoms with Crippen LogP contribution in [0.25, 0.3) is 0 Å². The molecule has 0 aliphatic carbocycles. The molecule has 0 aliphatic heterocycles. The topological polar surface area (TPSA) is 64.1 Å². The van der Waals surface area contributed by atoms with Gasteiger partial charge < -0.3 is 10.1 Å². The summed E-state index contributed by atoms with van der Waals surface area (Å²) in [4.78, 5) is 19.3. The number of methoxy groups -OCH3 is 1. The Labute approximate surface area is 123 Å². The molecule has 8 heteroatoms. The van der Waals surface area contributed by atoms with Crippen molar-refractivity contribution in [1.29, 1.82) is 0 Å². The fourth-order valence-corrected chi connectivity index (χ4v) is 1.70. The number of ether oxygens (including phenoxy) is 1. The molecule has 5 nitrogen and oxygen atoms in total. The molecule has 1 aromatic heterocycles. The van der Waals surface area contributed by atoms with Gasteiger partial charge in [-0.05, 0) is 12.1 Å². The Balaban J connectivity index is 2.26. The van der Waals surface area contributed by atoms with E-state index in [1.54, 1.807) is 0 Å². The SMILES string of the molecule is COc1ccc(C(=O)Nc2ncnc(Cl)c2Cl)c(F)c1. The zero-order valence-electron chi connectivity index (χ0n) is 10.2. The molecule has 0 radical (unpaired) electrons. The summed E-state index contributed by atoms with van der Waals surface area (Å²) in [5.74, 6) is -1.12. The summed E-state index contributed by atoms with van der Waals surface area (Å²) in [6.07, 6.45) is 1.13. The second-order valence-corrected chi connectivity index (χ2v) is 4.36. The highest BCUT2D eigenvalue weighted by molar-refractivity contribution is 6.43. The lowest BCUT2D eigenvalue weighted by atomic mass is 10.2. The first-order valence-electron chi connectivity index (χ1n) is 5.34. The van der Waals surface area contributed by atoms with Gasteiger partial charge in [-0.2, -0.15) is 0 Å². The van der Waals surface area contributed by atoms with Crippen LogP contribution in [0.5, 0.6) is 5.75 Å². The largest absolute Gasteiger partial charge is 0.497 e. The Bertz CT molecular complexity index is 667. The van der Waals surface area contributed by atoms with E-state index in [1.165, 1.54) is 19.2 Å². The third-order valence-electron chi connectivity index (χ3n) is 2.40. The Hall–Kier alpha value is -1.92. The van der Waals surface area contributed by atoms with Crippen molar-refractivity contribution < 1.29 is 13.9 Å². The average molecular weight is 316 g/mol. The summed E-state index contributed by atoms with van der Waals surface area (Å²) in [6, 6.07) is 3.86. The maximum Gasteiger partial charge on any atom is 0.259 e. The van der Waals surface area contributed by atoms with Crippen molar-refractivity contribution in [2.45, 2.75) is 0 Å². The van der Waals surface area contributed by atoms with E-state index >= 15 is 0 Å². The number of carbonyl (C=O) groups is 1. The van der Waals surface area contributed by atoms with E-state index in [4.69, 9.17) is 27.9 Å². The predicted octanol–water partition coefficient (Wildman–Crippen LogP) is 3.18. The van der Waals surface area contributed by atoms with Gasteiger partial charge in [-0.15, -0.1) is 0 Å². The Morgan fingerprint density at radius 3 is 2.75 bits per heavy atom. The van der Waals surface area contributed by atoms with Crippen LogP contribution < -0.4 is 10.1 Å². The molecule has 0 aliphatic rings. The first-order valence-corrected chi connectivity index (χ1v) is 6.09. The molecular formula is C12H8Cl2FN3O2. The summed E-state index contributed by atoms with van der Waals surface area (Å²) < 4.78 is 18.6. The second-order valence-electron chi connectivity index (χ2n) is 3.63. The van der Waals surface area contributed by atoms with Gasteiger partial charge >= 0.3 is 0 Å². The summed E-state index contributed by atoms with van der Waals surface area (Å²) in [6.45, 7) is 0. The fraction of sp³-hybridized carbons (Fsp3) is 0.0833. The summed E-state index contributed by atoms with van der Waals surface area (Å²) >= 11 is 11.5. The molecule has 1 amide bonds. The molecule has 1 aromatic carbocycles. The smallest absolute Gasteiger partial charge is 0.259 e. The third kappa shape index (κ3) is 2.97. The highest BCUT2D eigenvalue weighted by atomic mass is 35.5. The molecule has 0 fully saturated rings. The second kappa shape index (κ2) is 6.02. The predicted molar refractivity (Wildman–Crippen MR) is 73.0 cm³/mol. The highest BCUT2D eigenvalue weighted by Crippen LogP contribution is 2.26. The van der Waals surface area contributed by atoms with E-state index < -0.39 is 11.7 Å². The summed E-state index contributed by atoms with van der Waals surface area (Å²) in [5.41, 5.74) is -0.170. The number of hydrogen-bond donors (Lipinski definition) is 1.